The number of amides is 1. The number of aryl methyl sites for hydroxylation is 2. The monoisotopic (exact) mass is 399 g/mol. The van der Waals surface area contributed by atoms with E-state index in [-0.39, 0.29) is 11.9 Å². The van der Waals surface area contributed by atoms with Crippen LogP contribution in [0.4, 0.5) is 5.82 Å². The Morgan fingerprint density at radius 3 is 3.00 bits per heavy atom. The second kappa shape index (κ2) is 6.85. The minimum atomic E-state index is -0.344. The van der Waals surface area contributed by atoms with E-state index in [1.54, 1.807) is 11.3 Å². The molecule has 0 radical (unpaired) electrons. The first-order chi connectivity index (χ1) is 13.2. The molecule has 1 aliphatic carbocycles. The van der Waals surface area contributed by atoms with Gasteiger partial charge in [0.05, 0.1) is 10.3 Å². The van der Waals surface area contributed by atoms with Crippen molar-refractivity contribution >= 4 is 44.6 Å². The summed E-state index contributed by atoms with van der Waals surface area (Å²) in [6, 6.07) is 3.75. The molecule has 1 aliphatic heterocycles. The van der Waals surface area contributed by atoms with E-state index in [9.17, 15) is 4.79 Å². The van der Waals surface area contributed by atoms with Gasteiger partial charge in [-0.05, 0) is 42.7 Å². The molecule has 3 N–H and O–H groups in total. The number of nitrogens with zero attached hydrogens (tertiary/aromatic N) is 3. The van der Waals surface area contributed by atoms with Crippen LogP contribution in [0.15, 0.2) is 17.5 Å². The van der Waals surface area contributed by atoms with Gasteiger partial charge in [-0.1, -0.05) is 6.07 Å². The molecule has 0 unspecified atom stereocenters. The van der Waals surface area contributed by atoms with Gasteiger partial charge >= 0.3 is 0 Å². The van der Waals surface area contributed by atoms with Crippen molar-refractivity contribution in [1.82, 2.24) is 15.3 Å². The summed E-state index contributed by atoms with van der Waals surface area (Å²) in [5.41, 5.74) is 6.98. The fourth-order valence-corrected chi connectivity index (χ4v) is 5.93. The van der Waals surface area contributed by atoms with Crippen molar-refractivity contribution in [2.45, 2.75) is 31.7 Å². The van der Waals surface area contributed by atoms with Crippen LogP contribution in [0, 0.1) is 0 Å². The van der Waals surface area contributed by atoms with Gasteiger partial charge in [-0.2, -0.15) is 0 Å². The molecule has 4 heterocycles. The summed E-state index contributed by atoms with van der Waals surface area (Å²) in [5.74, 6) is 1.44. The average molecular weight is 400 g/mol. The van der Waals surface area contributed by atoms with Gasteiger partial charge in [-0.15, -0.1) is 22.7 Å². The summed E-state index contributed by atoms with van der Waals surface area (Å²) in [4.78, 5) is 27.5. The van der Waals surface area contributed by atoms with Gasteiger partial charge in [0.2, 0.25) is 5.91 Å². The third-order valence-corrected chi connectivity index (χ3v) is 7.41. The average Bonchev–Trinajstić information content (AvgIpc) is 3.35. The molecule has 0 saturated carbocycles. The highest BCUT2D eigenvalue weighted by Crippen LogP contribution is 2.41. The van der Waals surface area contributed by atoms with Crippen molar-refractivity contribution < 1.29 is 4.79 Å². The first kappa shape index (κ1) is 17.1. The molecule has 1 amide bonds. The van der Waals surface area contributed by atoms with E-state index in [4.69, 9.17) is 15.7 Å². The summed E-state index contributed by atoms with van der Waals surface area (Å²) < 4.78 is 0. The summed E-state index contributed by atoms with van der Waals surface area (Å²) in [5, 5.41) is 6.46. The predicted octanol–water partition coefficient (Wildman–Crippen LogP) is 2.56. The molecule has 6 nitrogen and oxygen atoms in total. The molecule has 1 atom stereocenters. The number of carbonyl (C=O) groups excluding carboxylic acids is 1. The van der Waals surface area contributed by atoms with E-state index in [1.165, 1.54) is 28.7 Å². The Hall–Kier alpha value is -2.03. The van der Waals surface area contributed by atoms with Crippen LogP contribution >= 0.6 is 22.7 Å². The standard InChI is InChI=1S/C19H21N5OS2/c20-16(25)12-10-24(8-7-21-12)18-15-11-4-1-2-5-13(11)27-19(15)23-17(22-18)14-6-3-9-26-14/h3,6,9,12,21H,1-2,4-5,7-8,10H2,(H2,20,25)/t12-/m1/s1. The number of hydrogen-bond acceptors (Lipinski definition) is 7. The molecule has 1 saturated heterocycles. The minimum absolute atomic E-state index is 0.309. The van der Waals surface area contributed by atoms with Gasteiger partial charge in [0.1, 0.15) is 16.7 Å². The Morgan fingerprint density at radius 2 is 2.19 bits per heavy atom. The second-order valence-electron chi connectivity index (χ2n) is 7.09. The summed E-state index contributed by atoms with van der Waals surface area (Å²) in [6.45, 7) is 2.08. The molecule has 2 aliphatic rings. The van der Waals surface area contributed by atoms with Crippen molar-refractivity contribution in [3.8, 4) is 10.7 Å². The maximum atomic E-state index is 11.7. The number of anilines is 1. The molecule has 5 rings (SSSR count). The van der Waals surface area contributed by atoms with Crippen LogP contribution in [0.3, 0.4) is 0 Å². The van der Waals surface area contributed by atoms with Gasteiger partial charge in [0, 0.05) is 24.5 Å². The Morgan fingerprint density at radius 1 is 1.30 bits per heavy atom. The molecule has 8 heteroatoms. The third kappa shape index (κ3) is 3.01. The number of piperazine rings is 1. The number of fused-ring (bicyclic) bond motifs is 3. The summed E-state index contributed by atoms with van der Waals surface area (Å²) in [7, 11) is 0. The molecule has 3 aromatic heterocycles. The normalized spacial score (nSPS) is 20.0. The maximum absolute atomic E-state index is 11.7. The van der Waals surface area contributed by atoms with E-state index < -0.39 is 0 Å². The zero-order chi connectivity index (χ0) is 18.4. The van der Waals surface area contributed by atoms with E-state index in [0.29, 0.717) is 6.54 Å². The van der Waals surface area contributed by atoms with Gasteiger partial charge in [-0.3, -0.25) is 4.79 Å². The van der Waals surface area contributed by atoms with Gasteiger partial charge in [-0.25, -0.2) is 9.97 Å². The van der Waals surface area contributed by atoms with Crippen LogP contribution in [0.2, 0.25) is 0 Å². The fraction of sp³-hybridized carbons (Fsp3) is 0.421. The largest absolute Gasteiger partial charge is 0.368 e. The van der Waals surface area contributed by atoms with Crippen LogP contribution in [-0.2, 0) is 17.6 Å². The Labute approximate surface area is 165 Å². The van der Waals surface area contributed by atoms with Crippen LogP contribution in [0.1, 0.15) is 23.3 Å². The summed E-state index contributed by atoms with van der Waals surface area (Å²) in [6.07, 6.45) is 4.69. The zero-order valence-corrected chi connectivity index (χ0v) is 16.5. The second-order valence-corrected chi connectivity index (χ2v) is 9.13. The number of carbonyl (C=O) groups is 1. The van der Waals surface area contributed by atoms with Crippen LogP contribution in [0.25, 0.3) is 20.9 Å². The highest BCUT2D eigenvalue weighted by atomic mass is 32.1. The highest BCUT2D eigenvalue weighted by Gasteiger charge is 2.29. The van der Waals surface area contributed by atoms with Crippen molar-refractivity contribution in [3.05, 3.63) is 28.0 Å². The fourth-order valence-electron chi connectivity index (χ4n) is 4.02. The number of rotatable bonds is 3. The van der Waals surface area contributed by atoms with E-state index in [2.05, 4.69) is 21.7 Å². The number of nitrogens with one attached hydrogen (secondary N) is 1. The molecule has 3 aromatic rings. The number of nitrogens with two attached hydrogens (primary N) is 1. The topological polar surface area (TPSA) is 84.1 Å². The number of thiophene rings is 2. The molecule has 0 bridgehead atoms. The molecule has 140 valence electrons. The SMILES string of the molecule is NC(=O)[C@H]1CN(c2nc(-c3cccs3)nc3sc4c(c23)CCCC4)CCN1. The Kier molecular flexibility index (Phi) is 4.34. The van der Waals surface area contributed by atoms with Gasteiger partial charge < -0.3 is 16.0 Å². The lowest BCUT2D eigenvalue weighted by Crippen LogP contribution is -2.56. The third-order valence-electron chi connectivity index (χ3n) is 5.36. The molecule has 0 spiro atoms. The number of primary amides is 1. The Bertz CT molecular complexity index is 997. The molecular weight excluding hydrogens is 378 g/mol. The van der Waals surface area contributed by atoms with Gasteiger partial charge in [0.15, 0.2) is 5.82 Å². The highest BCUT2D eigenvalue weighted by molar-refractivity contribution is 7.19. The predicted molar refractivity (Wildman–Crippen MR) is 111 cm³/mol. The van der Waals surface area contributed by atoms with Crippen molar-refractivity contribution in [2.24, 2.45) is 5.73 Å². The lowest BCUT2D eigenvalue weighted by Gasteiger charge is -2.33. The number of hydrogen-bond donors (Lipinski definition) is 2. The first-order valence-electron chi connectivity index (χ1n) is 9.34. The van der Waals surface area contributed by atoms with E-state index in [0.717, 1.165) is 47.3 Å². The van der Waals surface area contributed by atoms with Gasteiger partial charge in [0.25, 0.3) is 0 Å². The molecular formula is C19H21N5OS2. The molecule has 1 fully saturated rings. The van der Waals surface area contributed by atoms with Crippen LogP contribution in [-0.4, -0.2) is 41.6 Å². The maximum Gasteiger partial charge on any atom is 0.236 e. The van der Waals surface area contributed by atoms with E-state index in [1.807, 2.05) is 17.4 Å². The van der Waals surface area contributed by atoms with E-state index >= 15 is 0 Å². The minimum Gasteiger partial charge on any atom is -0.368 e. The van der Waals surface area contributed by atoms with Crippen LogP contribution < -0.4 is 16.0 Å². The van der Waals surface area contributed by atoms with Crippen molar-refractivity contribution in [2.75, 3.05) is 24.5 Å². The molecule has 0 aromatic carbocycles. The van der Waals surface area contributed by atoms with Crippen LogP contribution in [0.5, 0.6) is 0 Å². The summed E-state index contributed by atoms with van der Waals surface area (Å²) >= 11 is 3.47. The molecule has 27 heavy (non-hydrogen) atoms. The lowest BCUT2D eigenvalue weighted by molar-refractivity contribution is -0.120. The zero-order valence-electron chi connectivity index (χ0n) is 14.9. The Balaban J connectivity index is 1.68. The first-order valence-corrected chi connectivity index (χ1v) is 11.0. The smallest absolute Gasteiger partial charge is 0.236 e. The quantitative estimate of drug-likeness (QED) is 0.707. The number of aromatic nitrogens is 2. The lowest BCUT2D eigenvalue weighted by atomic mass is 9.96. The van der Waals surface area contributed by atoms with Crippen molar-refractivity contribution in [3.63, 3.8) is 0 Å². The van der Waals surface area contributed by atoms with Crippen molar-refractivity contribution in [1.29, 1.82) is 0 Å².